The van der Waals surface area contributed by atoms with Crippen LogP contribution in [0.2, 0.25) is 0 Å². The lowest BCUT2D eigenvalue weighted by Crippen LogP contribution is -2.09. The number of ether oxygens (including phenoxy) is 6. The Labute approximate surface area is 723 Å². The van der Waals surface area contributed by atoms with E-state index in [0.717, 1.165) is 99.6 Å². The Kier molecular flexibility index (Phi) is 69.9. The Morgan fingerprint density at radius 3 is 0.573 bits per heavy atom. The second-order valence-corrected chi connectivity index (χ2v) is 35.3. The zero-order valence-corrected chi connectivity index (χ0v) is 77.8. The van der Waals surface area contributed by atoms with E-state index in [9.17, 15) is 0 Å². The summed E-state index contributed by atoms with van der Waals surface area (Å²) in [6, 6.07) is 16.5. The summed E-state index contributed by atoms with van der Waals surface area (Å²) in [5.74, 6) is 5.47. The van der Waals surface area contributed by atoms with Crippen molar-refractivity contribution in [2.45, 2.75) is 504 Å². The van der Waals surface area contributed by atoms with E-state index in [4.69, 9.17) is 43.4 Å². The predicted octanol–water partition coefficient (Wildman–Crippen LogP) is 35.7. The summed E-state index contributed by atoms with van der Waals surface area (Å²) in [4.78, 5) is 15.6. The minimum Gasteiger partial charge on any atom is -0.489 e. The molecule has 0 bridgehead atoms. The molecule has 1 radical (unpaired) electrons. The van der Waals surface area contributed by atoms with Crippen molar-refractivity contribution in [1.29, 1.82) is 0 Å². The fraction of sp³-hybridized carbons (Fsp3) is 0.792. The molecule has 0 saturated carbocycles. The summed E-state index contributed by atoms with van der Waals surface area (Å²) >= 11 is 0. The summed E-state index contributed by atoms with van der Waals surface area (Å²) in [7, 11) is 0. The van der Waals surface area contributed by atoms with Crippen LogP contribution in [-0.2, 0) is 0 Å². The molecule has 4 aromatic rings. The first-order chi connectivity index (χ1) is 57.9. The topological polar surface area (TPSA) is 118 Å². The third-order valence-electron chi connectivity index (χ3n) is 23.9. The molecule has 117 heavy (non-hydrogen) atoms. The number of hydrogen-bond acceptors (Lipinski definition) is 11. The van der Waals surface area contributed by atoms with Crippen LogP contribution in [0, 0.1) is 6.92 Å². The van der Waals surface area contributed by atoms with Gasteiger partial charge in [0.1, 0.15) is 0 Å². The molecular formula is C106H186N5O6. The highest BCUT2D eigenvalue weighted by atomic mass is 16.5. The monoisotopic (exact) mass is 1630 g/mol. The van der Waals surface area contributed by atoms with Crippen molar-refractivity contribution in [2.75, 3.05) is 50.3 Å². The van der Waals surface area contributed by atoms with Crippen molar-refractivity contribution in [3.63, 3.8) is 0 Å². The fourth-order valence-electron chi connectivity index (χ4n) is 16.3. The van der Waals surface area contributed by atoms with Crippen molar-refractivity contribution in [1.82, 2.24) is 15.0 Å². The maximum atomic E-state index is 6.94. The molecule has 0 atom stereocenters. The molecule has 671 valence electrons. The van der Waals surface area contributed by atoms with Crippen LogP contribution in [0.3, 0.4) is 0 Å². The molecule has 0 unspecified atom stereocenters. The Morgan fingerprint density at radius 2 is 0.385 bits per heavy atom. The molecule has 4 rings (SSSR count). The van der Waals surface area contributed by atoms with Crippen LogP contribution in [0.15, 0.2) is 48.5 Å². The quantitative estimate of drug-likeness (QED) is 0.0412. The van der Waals surface area contributed by atoms with Crippen LogP contribution in [0.5, 0.6) is 34.5 Å². The van der Waals surface area contributed by atoms with Gasteiger partial charge >= 0.3 is 0 Å². The van der Waals surface area contributed by atoms with Gasteiger partial charge in [0.25, 0.3) is 0 Å². The van der Waals surface area contributed by atoms with E-state index in [1.54, 1.807) is 0 Å². The van der Waals surface area contributed by atoms with Gasteiger partial charge in [-0.15, -0.1) is 0 Å². The van der Waals surface area contributed by atoms with E-state index in [0.29, 0.717) is 91.9 Å². The van der Waals surface area contributed by atoms with Gasteiger partial charge in [-0.3, -0.25) is 0 Å². The number of benzene rings is 3. The molecule has 0 aliphatic rings. The Balaban J connectivity index is 1.71. The summed E-state index contributed by atoms with van der Waals surface area (Å²) in [5.41, 5.74) is 3.30. The van der Waals surface area contributed by atoms with Crippen LogP contribution in [-0.4, -0.2) is 54.6 Å². The Hall–Kier alpha value is -4.93. The van der Waals surface area contributed by atoms with E-state index in [1.807, 2.05) is 24.3 Å². The highest BCUT2D eigenvalue weighted by Crippen LogP contribution is 2.44. The second kappa shape index (κ2) is 78.3. The molecule has 11 heteroatoms. The molecule has 11 nitrogen and oxygen atoms in total. The Morgan fingerprint density at radius 1 is 0.214 bits per heavy atom. The van der Waals surface area contributed by atoms with E-state index < -0.39 is 0 Å². The zero-order valence-electron chi connectivity index (χ0n) is 77.8. The highest BCUT2D eigenvalue weighted by Gasteiger charge is 2.21. The van der Waals surface area contributed by atoms with Gasteiger partial charge in [-0.1, -0.05) is 490 Å². The van der Waals surface area contributed by atoms with Gasteiger partial charge in [0.05, 0.1) is 39.6 Å². The molecule has 0 spiro atoms. The van der Waals surface area contributed by atoms with Crippen LogP contribution >= 0.6 is 0 Å². The molecule has 3 aromatic carbocycles. The molecule has 0 saturated heterocycles. The van der Waals surface area contributed by atoms with Crippen LogP contribution in [0.4, 0.5) is 23.3 Å². The van der Waals surface area contributed by atoms with Crippen LogP contribution < -0.4 is 39.1 Å². The predicted molar refractivity (Wildman–Crippen MR) is 509 cm³/mol. The van der Waals surface area contributed by atoms with Crippen molar-refractivity contribution in [3.8, 4) is 45.9 Å². The highest BCUT2D eigenvalue weighted by molar-refractivity contribution is 5.70. The van der Waals surface area contributed by atoms with Gasteiger partial charge in [0.15, 0.2) is 28.8 Å². The number of anilines is 4. The molecule has 0 aliphatic carbocycles. The SMILES string of the molecule is [CH2]c1ccc(-c2nc(Nc3cc(OCCCCCCCCCCCCCC)c(OCCCCCCCCCCCCCC)c(OCCCCCCCCCCCCCC)c3)nc(Nc3cc(OCCCCCCCCCCCCCC)c(OCCCCCCCCCCCCCC)c(OCCCCCCCCCCCCCC)c3)n2)cc1. The van der Waals surface area contributed by atoms with Crippen molar-refractivity contribution >= 4 is 23.3 Å². The van der Waals surface area contributed by atoms with Crippen LogP contribution in [0.25, 0.3) is 11.4 Å². The zero-order chi connectivity index (χ0) is 83.1. The van der Waals surface area contributed by atoms with Crippen molar-refractivity contribution in [2.24, 2.45) is 0 Å². The van der Waals surface area contributed by atoms with Gasteiger partial charge in [0, 0.05) is 41.2 Å². The lowest BCUT2D eigenvalue weighted by Gasteiger charge is -2.20. The number of aromatic nitrogens is 3. The number of hydrogen-bond donors (Lipinski definition) is 2. The summed E-state index contributed by atoms with van der Waals surface area (Å²) in [5, 5.41) is 7.40. The molecule has 2 N–H and O–H groups in total. The molecule has 0 fully saturated rings. The number of unbranched alkanes of at least 4 members (excludes halogenated alkanes) is 66. The molecule has 0 aliphatic heterocycles. The van der Waals surface area contributed by atoms with Crippen molar-refractivity contribution in [3.05, 3.63) is 61.0 Å². The largest absolute Gasteiger partial charge is 0.489 e. The maximum absolute atomic E-state index is 6.94. The van der Waals surface area contributed by atoms with E-state index in [1.165, 1.54) is 385 Å². The number of nitrogens with one attached hydrogen (secondary N) is 2. The minimum atomic E-state index is 0.388. The van der Waals surface area contributed by atoms with E-state index >= 15 is 0 Å². The van der Waals surface area contributed by atoms with Gasteiger partial charge < -0.3 is 39.1 Å². The summed E-state index contributed by atoms with van der Waals surface area (Å²) in [6.07, 6.45) is 93.1. The third-order valence-corrected chi connectivity index (χ3v) is 23.9. The standard InChI is InChI=1S/C106H186N5O6/c1-8-14-20-26-32-38-44-50-56-62-68-74-84-112-98-90-96(91-99(113-85-75-69-63-57-51-45-39-33-27-21-15-9-2)102(98)116-88-78-72-66-60-54-48-42-36-30-24-18-12-5)107-105-109-104(95-82-80-94(7)81-83-95)110-106(111-105)108-97-92-100(114-86-76-70-64-58-52-46-40-34-28-22-16-10-3)103(117-89-79-73-67-61-55-49-43-37-31-25-19-13-6)101(93-97)115-87-77-71-65-59-53-47-41-35-29-23-17-11-4/h80-83,90-93H,7-79,84-89H2,1-6H3,(H2,107,108,109,110,111). The molecular weight excluding hydrogens is 1440 g/mol. The normalized spacial score (nSPS) is 11.5. The average Bonchev–Trinajstić information content (AvgIpc) is 0.806. The van der Waals surface area contributed by atoms with E-state index in [-0.39, 0.29) is 0 Å². The van der Waals surface area contributed by atoms with E-state index in [2.05, 4.69) is 83.4 Å². The maximum Gasteiger partial charge on any atom is 0.232 e. The minimum absolute atomic E-state index is 0.388. The number of nitrogens with zero attached hydrogens (tertiary/aromatic N) is 3. The molecule has 1 heterocycles. The fourth-order valence-corrected chi connectivity index (χ4v) is 16.3. The molecule has 1 aromatic heterocycles. The average molecular weight is 1630 g/mol. The lowest BCUT2D eigenvalue weighted by molar-refractivity contribution is 0.234. The van der Waals surface area contributed by atoms with Gasteiger partial charge in [-0.05, 0) is 51.0 Å². The molecule has 0 amide bonds. The first kappa shape index (κ1) is 104. The Bertz CT molecular complexity index is 2550. The van der Waals surface area contributed by atoms with Gasteiger partial charge in [0.2, 0.25) is 23.4 Å². The first-order valence-electron chi connectivity index (χ1n) is 51.3. The smallest absolute Gasteiger partial charge is 0.232 e. The van der Waals surface area contributed by atoms with Crippen LogP contribution in [0.1, 0.15) is 509 Å². The van der Waals surface area contributed by atoms with Crippen molar-refractivity contribution < 1.29 is 28.4 Å². The summed E-state index contributed by atoms with van der Waals surface area (Å²) < 4.78 is 41.6. The number of rotatable bonds is 89. The lowest BCUT2D eigenvalue weighted by atomic mass is 10.1. The first-order valence-corrected chi connectivity index (χ1v) is 51.3. The van der Waals surface area contributed by atoms with Gasteiger partial charge in [-0.2, -0.15) is 15.0 Å². The summed E-state index contributed by atoms with van der Waals surface area (Å²) in [6.45, 7) is 21.7. The van der Waals surface area contributed by atoms with Gasteiger partial charge in [-0.25, -0.2) is 0 Å². The third kappa shape index (κ3) is 57.9. The second-order valence-electron chi connectivity index (χ2n) is 35.3.